The van der Waals surface area contributed by atoms with Crippen molar-refractivity contribution in [1.82, 2.24) is 10.6 Å². The SMILES string of the molecule is O=C(Cc1ccccc1)NCCNC(=O)C1[C@@H]2CCCC[C@@H]12. The maximum atomic E-state index is 12.1. The molecule has 0 aliphatic heterocycles. The monoisotopic (exact) mass is 300 g/mol. The van der Waals surface area contributed by atoms with E-state index in [9.17, 15) is 9.59 Å². The molecule has 0 spiro atoms. The average Bonchev–Trinajstić information content (AvgIpc) is 3.27. The lowest BCUT2D eigenvalue weighted by Gasteiger charge is -2.07. The number of fused-ring (bicyclic) bond motifs is 1. The van der Waals surface area contributed by atoms with Crippen LogP contribution >= 0.6 is 0 Å². The van der Waals surface area contributed by atoms with Gasteiger partial charge in [-0.05, 0) is 30.2 Å². The van der Waals surface area contributed by atoms with Crippen LogP contribution in [-0.2, 0) is 16.0 Å². The quantitative estimate of drug-likeness (QED) is 0.788. The first-order chi connectivity index (χ1) is 10.8. The van der Waals surface area contributed by atoms with Crippen molar-refractivity contribution in [3.8, 4) is 0 Å². The third-order valence-electron chi connectivity index (χ3n) is 4.91. The van der Waals surface area contributed by atoms with E-state index in [1.807, 2.05) is 30.3 Å². The molecule has 0 radical (unpaired) electrons. The van der Waals surface area contributed by atoms with E-state index in [0.717, 1.165) is 5.56 Å². The molecule has 2 aliphatic carbocycles. The van der Waals surface area contributed by atoms with Gasteiger partial charge in [0, 0.05) is 19.0 Å². The molecular weight excluding hydrogens is 276 g/mol. The largest absolute Gasteiger partial charge is 0.354 e. The molecule has 2 atom stereocenters. The number of rotatable bonds is 6. The highest BCUT2D eigenvalue weighted by Gasteiger charge is 2.54. The second-order valence-corrected chi connectivity index (χ2v) is 6.44. The van der Waals surface area contributed by atoms with Gasteiger partial charge >= 0.3 is 0 Å². The summed E-state index contributed by atoms with van der Waals surface area (Å²) in [6.45, 7) is 1.02. The van der Waals surface area contributed by atoms with Crippen molar-refractivity contribution < 1.29 is 9.59 Å². The number of hydrogen-bond donors (Lipinski definition) is 2. The summed E-state index contributed by atoms with van der Waals surface area (Å²) in [4.78, 5) is 23.9. The highest BCUT2D eigenvalue weighted by molar-refractivity contribution is 5.82. The molecule has 0 bridgehead atoms. The minimum absolute atomic E-state index is 0.000500. The van der Waals surface area contributed by atoms with Gasteiger partial charge in [-0.25, -0.2) is 0 Å². The highest BCUT2D eigenvalue weighted by atomic mass is 16.2. The zero-order chi connectivity index (χ0) is 15.4. The smallest absolute Gasteiger partial charge is 0.224 e. The topological polar surface area (TPSA) is 58.2 Å². The van der Waals surface area contributed by atoms with Gasteiger partial charge < -0.3 is 10.6 Å². The molecule has 0 saturated heterocycles. The number of amides is 2. The zero-order valence-electron chi connectivity index (χ0n) is 12.9. The fourth-order valence-corrected chi connectivity index (χ4v) is 3.73. The minimum atomic E-state index is 0.000500. The van der Waals surface area contributed by atoms with Crippen molar-refractivity contribution in [3.63, 3.8) is 0 Å². The van der Waals surface area contributed by atoms with Crippen LogP contribution in [0.3, 0.4) is 0 Å². The van der Waals surface area contributed by atoms with Crippen molar-refractivity contribution in [2.75, 3.05) is 13.1 Å². The molecule has 22 heavy (non-hydrogen) atoms. The summed E-state index contributed by atoms with van der Waals surface area (Å²) in [6, 6.07) is 9.68. The summed E-state index contributed by atoms with van der Waals surface area (Å²) in [5, 5.41) is 5.82. The van der Waals surface area contributed by atoms with E-state index in [-0.39, 0.29) is 17.7 Å². The second kappa shape index (κ2) is 6.95. The Hall–Kier alpha value is -1.84. The Morgan fingerprint density at radius 1 is 0.955 bits per heavy atom. The van der Waals surface area contributed by atoms with Crippen LogP contribution < -0.4 is 10.6 Å². The predicted octanol–water partition coefficient (Wildman–Crippen LogP) is 1.90. The molecular formula is C18H24N2O2. The zero-order valence-corrected chi connectivity index (χ0v) is 12.9. The number of carbonyl (C=O) groups excluding carboxylic acids is 2. The van der Waals surface area contributed by atoms with Gasteiger partial charge in [0.1, 0.15) is 0 Å². The third kappa shape index (κ3) is 3.67. The van der Waals surface area contributed by atoms with Crippen molar-refractivity contribution in [2.24, 2.45) is 17.8 Å². The lowest BCUT2D eigenvalue weighted by molar-refractivity contribution is -0.123. The van der Waals surface area contributed by atoms with E-state index in [0.29, 0.717) is 31.3 Å². The summed E-state index contributed by atoms with van der Waals surface area (Å²) >= 11 is 0. The molecule has 2 fully saturated rings. The van der Waals surface area contributed by atoms with Crippen molar-refractivity contribution in [3.05, 3.63) is 35.9 Å². The first-order valence-electron chi connectivity index (χ1n) is 8.34. The van der Waals surface area contributed by atoms with E-state index in [2.05, 4.69) is 10.6 Å². The van der Waals surface area contributed by atoms with Gasteiger partial charge in [-0.15, -0.1) is 0 Å². The first kappa shape index (κ1) is 15.1. The van der Waals surface area contributed by atoms with Gasteiger partial charge in [0.2, 0.25) is 11.8 Å². The maximum Gasteiger partial charge on any atom is 0.224 e. The van der Waals surface area contributed by atoms with Crippen molar-refractivity contribution in [1.29, 1.82) is 0 Å². The Bertz CT molecular complexity index is 517. The molecule has 2 amide bonds. The lowest BCUT2D eigenvalue weighted by Crippen LogP contribution is -2.36. The van der Waals surface area contributed by atoms with E-state index >= 15 is 0 Å². The lowest BCUT2D eigenvalue weighted by atomic mass is 10.0. The van der Waals surface area contributed by atoms with Crippen LogP contribution in [0.25, 0.3) is 0 Å². The average molecular weight is 300 g/mol. The van der Waals surface area contributed by atoms with E-state index in [1.165, 1.54) is 25.7 Å². The summed E-state index contributed by atoms with van der Waals surface area (Å²) in [6.07, 6.45) is 5.38. The maximum absolute atomic E-state index is 12.1. The van der Waals surface area contributed by atoms with Crippen LogP contribution in [0.5, 0.6) is 0 Å². The number of carbonyl (C=O) groups is 2. The third-order valence-corrected chi connectivity index (χ3v) is 4.91. The van der Waals surface area contributed by atoms with E-state index < -0.39 is 0 Å². The van der Waals surface area contributed by atoms with Crippen LogP contribution in [0, 0.1) is 17.8 Å². The normalized spacial score (nSPS) is 25.9. The second-order valence-electron chi connectivity index (χ2n) is 6.44. The minimum Gasteiger partial charge on any atom is -0.354 e. The molecule has 3 rings (SSSR count). The van der Waals surface area contributed by atoms with Crippen LogP contribution in [0.4, 0.5) is 0 Å². The molecule has 1 aromatic carbocycles. The standard InChI is InChI=1S/C18H24N2O2/c21-16(12-13-6-2-1-3-7-13)19-10-11-20-18(22)17-14-8-4-5-9-15(14)17/h1-3,6-7,14-15,17H,4-5,8-12H2,(H,19,21)(H,20,22)/t14-,15-/m1/s1. The number of benzene rings is 1. The predicted molar refractivity (Wildman–Crippen MR) is 85.1 cm³/mol. The Balaban J connectivity index is 1.30. The van der Waals surface area contributed by atoms with E-state index in [4.69, 9.17) is 0 Å². The molecule has 118 valence electrons. The Labute approximate surface area is 131 Å². The Morgan fingerprint density at radius 3 is 2.27 bits per heavy atom. The molecule has 2 saturated carbocycles. The molecule has 4 heteroatoms. The van der Waals surface area contributed by atoms with Gasteiger partial charge in [0.15, 0.2) is 0 Å². The molecule has 2 N–H and O–H groups in total. The van der Waals surface area contributed by atoms with Gasteiger partial charge in [-0.2, -0.15) is 0 Å². The Morgan fingerprint density at radius 2 is 1.59 bits per heavy atom. The van der Waals surface area contributed by atoms with Gasteiger partial charge in [0.05, 0.1) is 6.42 Å². The Kier molecular flexibility index (Phi) is 4.76. The fourth-order valence-electron chi connectivity index (χ4n) is 3.73. The van der Waals surface area contributed by atoms with Crippen LogP contribution in [0.1, 0.15) is 31.2 Å². The fraction of sp³-hybridized carbons (Fsp3) is 0.556. The van der Waals surface area contributed by atoms with Gasteiger partial charge in [0.25, 0.3) is 0 Å². The molecule has 4 nitrogen and oxygen atoms in total. The van der Waals surface area contributed by atoms with E-state index in [1.54, 1.807) is 0 Å². The van der Waals surface area contributed by atoms with Gasteiger partial charge in [-0.3, -0.25) is 9.59 Å². The summed E-state index contributed by atoms with van der Waals surface area (Å²) in [5.41, 5.74) is 1.01. The van der Waals surface area contributed by atoms with Crippen LogP contribution in [0.15, 0.2) is 30.3 Å². The summed E-state index contributed by atoms with van der Waals surface area (Å²) in [7, 11) is 0. The first-order valence-corrected chi connectivity index (χ1v) is 8.34. The molecule has 0 heterocycles. The van der Waals surface area contributed by atoms with Crippen LogP contribution in [0.2, 0.25) is 0 Å². The van der Waals surface area contributed by atoms with Crippen molar-refractivity contribution >= 4 is 11.8 Å². The molecule has 0 aromatic heterocycles. The molecule has 2 aliphatic rings. The number of hydrogen-bond acceptors (Lipinski definition) is 2. The summed E-state index contributed by atoms with van der Waals surface area (Å²) < 4.78 is 0. The van der Waals surface area contributed by atoms with Crippen LogP contribution in [-0.4, -0.2) is 24.9 Å². The molecule has 1 aromatic rings. The number of nitrogens with one attached hydrogen (secondary N) is 2. The van der Waals surface area contributed by atoms with Gasteiger partial charge in [-0.1, -0.05) is 43.2 Å². The van der Waals surface area contributed by atoms with Crippen molar-refractivity contribution in [2.45, 2.75) is 32.1 Å². The molecule has 0 unspecified atom stereocenters. The highest BCUT2D eigenvalue weighted by Crippen LogP contribution is 2.55. The summed E-state index contributed by atoms with van der Waals surface area (Å²) in [5.74, 6) is 1.72.